The van der Waals surface area contributed by atoms with Gasteiger partial charge in [-0.2, -0.15) is 0 Å². The molecule has 0 saturated carbocycles. The van der Waals surface area contributed by atoms with Crippen molar-refractivity contribution in [2.75, 3.05) is 46.1 Å². The van der Waals surface area contributed by atoms with Crippen molar-refractivity contribution in [3.05, 3.63) is 43.7 Å². The lowest BCUT2D eigenvalue weighted by Gasteiger charge is -2.30. The molecular weight excluding hydrogens is 700 g/mol. The van der Waals surface area contributed by atoms with E-state index in [9.17, 15) is 28.8 Å². The van der Waals surface area contributed by atoms with Crippen LogP contribution in [0.15, 0.2) is 9.59 Å². The Labute approximate surface area is 306 Å². The maximum atomic E-state index is 12.7. The fourth-order valence-corrected chi connectivity index (χ4v) is 5.38. The van der Waals surface area contributed by atoms with Crippen LogP contribution in [-0.4, -0.2) is 127 Å². The molecule has 53 heavy (non-hydrogen) atoms. The zero-order valence-corrected chi connectivity index (χ0v) is 31.7. The first-order valence-corrected chi connectivity index (χ1v) is 17.6. The highest BCUT2D eigenvalue weighted by Crippen LogP contribution is 2.22. The number of carbonyl (C=O) groups is 4. The van der Waals surface area contributed by atoms with Gasteiger partial charge in [-0.3, -0.25) is 18.7 Å². The first-order valence-electron chi connectivity index (χ1n) is 17.6. The van der Waals surface area contributed by atoms with Crippen molar-refractivity contribution in [2.45, 2.75) is 112 Å². The number of nitrogens with zero attached hydrogens (tertiary/aromatic N) is 5. The molecule has 2 aromatic heterocycles. The lowest BCUT2D eigenvalue weighted by molar-refractivity contribution is 0.0186. The summed E-state index contributed by atoms with van der Waals surface area (Å²) in [5.74, 6) is -1.16. The summed E-state index contributed by atoms with van der Waals surface area (Å²) in [7, 11) is 0. The zero-order valence-electron chi connectivity index (χ0n) is 31.7. The molecule has 19 nitrogen and oxygen atoms in total. The number of aliphatic hydroxyl groups excluding tert-OH is 1. The van der Waals surface area contributed by atoms with Crippen LogP contribution in [0.5, 0.6) is 0 Å². The van der Waals surface area contributed by atoms with E-state index in [-0.39, 0.29) is 67.9 Å². The van der Waals surface area contributed by atoms with E-state index < -0.39 is 35.3 Å². The molecule has 4 aliphatic heterocycles. The number of carbonyl (C=O) groups excluding carboxylic acids is 4. The van der Waals surface area contributed by atoms with Gasteiger partial charge < -0.3 is 43.3 Å². The number of rotatable bonds is 7. The largest absolute Gasteiger partial charge is 0.461 e. The standard InChI is InChI=1S/C17H25N3O6.C14H21N3O5.C3H6O2/c1-5-24-14(21)13-12-9-18(16(23)26-17(2,3)4)6-7-19(12)15(22)20(13)8-11-10-25-11;1-5-21-11(18)10-9-8-16(13(20)22-14(2,3)4)6-7-17(9)12(19)15-10;4-1-3-2-5-3/h11H,5-10H2,1-4H3;5-8H2,1-4H3,(H,15,19);3-4H,1-2H2. The number of aliphatic hydroxyl groups is 1. The predicted molar refractivity (Wildman–Crippen MR) is 186 cm³/mol. The van der Waals surface area contributed by atoms with E-state index >= 15 is 0 Å². The zero-order chi connectivity index (χ0) is 39.2. The number of fused-ring (bicyclic) bond motifs is 2. The minimum Gasteiger partial charge on any atom is -0.461 e. The second-order valence-corrected chi connectivity index (χ2v) is 14.6. The lowest BCUT2D eigenvalue weighted by Crippen LogP contribution is -2.43. The first kappa shape index (κ1) is 41.1. The molecular formula is C34H52N6O13. The van der Waals surface area contributed by atoms with Gasteiger partial charge in [-0.1, -0.05) is 0 Å². The molecule has 0 bridgehead atoms. The van der Waals surface area contributed by atoms with Gasteiger partial charge in [0.1, 0.15) is 17.3 Å². The summed E-state index contributed by atoms with van der Waals surface area (Å²) in [6, 6.07) is 0. The summed E-state index contributed by atoms with van der Waals surface area (Å²) in [6.45, 7) is 17.9. The molecule has 2 atom stereocenters. The highest BCUT2D eigenvalue weighted by Gasteiger charge is 2.36. The molecule has 2 aromatic rings. The van der Waals surface area contributed by atoms with Crippen LogP contribution in [0.1, 0.15) is 87.8 Å². The molecule has 0 aromatic carbocycles. The van der Waals surface area contributed by atoms with Gasteiger partial charge in [-0.25, -0.2) is 28.8 Å². The minimum absolute atomic E-state index is 0.0627. The summed E-state index contributed by atoms with van der Waals surface area (Å²) in [5.41, 5.74) is -0.652. The van der Waals surface area contributed by atoms with Crippen molar-refractivity contribution in [3.63, 3.8) is 0 Å². The smallest absolute Gasteiger partial charge is 0.410 e. The molecule has 6 rings (SSSR count). The topological polar surface area (TPSA) is 222 Å². The van der Waals surface area contributed by atoms with Crippen molar-refractivity contribution >= 4 is 24.1 Å². The number of amides is 2. The third kappa shape index (κ3) is 11.2. The van der Waals surface area contributed by atoms with Crippen LogP contribution in [0, 0.1) is 0 Å². The Morgan fingerprint density at radius 3 is 1.70 bits per heavy atom. The fourth-order valence-electron chi connectivity index (χ4n) is 5.38. The van der Waals surface area contributed by atoms with Gasteiger partial charge in [-0.05, 0) is 55.4 Å². The van der Waals surface area contributed by atoms with Gasteiger partial charge >= 0.3 is 35.5 Å². The Bertz CT molecular complexity index is 1750. The molecule has 2 N–H and O–H groups in total. The van der Waals surface area contributed by atoms with Gasteiger partial charge in [0, 0.05) is 26.2 Å². The van der Waals surface area contributed by atoms with Crippen molar-refractivity contribution in [1.82, 2.24) is 28.5 Å². The second kappa shape index (κ2) is 17.0. The van der Waals surface area contributed by atoms with E-state index in [0.717, 1.165) is 6.61 Å². The van der Waals surface area contributed by atoms with E-state index in [4.69, 9.17) is 28.8 Å². The van der Waals surface area contributed by atoms with Gasteiger partial charge in [-0.15, -0.1) is 0 Å². The van der Waals surface area contributed by atoms with E-state index in [2.05, 4.69) is 9.72 Å². The fraction of sp³-hybridized carbons (Fsp3) is 0.706. The molecule has 2 fully saturated rings. The summed E-state index contributed by atoms with van der Waals surface area (Å²) >= 11 is 0. The average Bonchev–Trinajstić information content (AvgIpc) is 4.01. The van der Waals surface area contributed by atoms with E-state index in [1.165, 1.54) is 23.5 Å². The summed E-state index contributed by atoms with van der Waals surface area (Å²) in [5, 5.41) is 8.08. The number of hydrogen-bond donors (Lipinski definition) is 2. The molecule has 2 unspecified atom stereocenters. The summed E-state index contributed by atoms with van der Waals surface area (Å²) in [6.07, 6.45) is -0.811. The van der Waals surface area contributed by atoms with E-state index in [0.29, 0.717) is 50.7 Å². The number of aromatic nitrogens is 4. The maximum absolute atomic E-state index is 12.7. The highest BCUT2D eigenvalue weighted by molar-refractivity contribution is 5.89. The average molecular weight is 753 g/mol. The quantitative estimate of drug-likeness (QED) is 0.233. The van der Waals surface area contributed by atoms with Crippen molar-refractivity contribution in [3.8, 4) is 0 Å². The molecule has 0 aliphatic carbocycles. The Balaban J connectivity index is 0.000000211. The van der Waals surface area contributed by atoms with Crippen LogP contribution in [0.25, 0.3) is 0 Å². The first-order chi connectivity index (χ1) is 24.9. The van der Waals surface area contributed by atoms with Gasteiger partial charge in [0.25, 0.3) is 0 Å². The number of H-pyrrole nitrogens is 1. The molecule has 4 aliphatic rings. The van der Waals surface area contributed by atoms with Crippen LogP contribution in [0.4, 0.5) is 9.59 Å². The molecule has 19 heteroatoms. The number of epoxide rings is 2. The normalized spacial score (nSPS) is 18.6. The van der Waals surface area contributed by atoms with Crippen LogP contribution < -0.4 is 11.4 Å². The number of aromatic amines is 1. The lowest BCUT2D eigenvalue weighted by atomic mass is 10.2. The van der Waals surface area contributed by atoms with Crippen LogP contribution in [0.2, 0.25) is 0 Å². The Morgan fingerprint density at radius 2 is 1.25 bits per heavy atom. The SMILES string of the molecule is CCOC(=O)c1[nH]c(=O)n2c1CN(C(=O)OC(C)(C)C)CC2.CCOC(=O)c1c2n(c(=O)n1CC1CO1)CCN(C(=O)OC(C)(C)C)C2.OCC1CO1. The Kier molecular flexibility index (Phi) is 13.2. The van der Waals surface area contributed by atoms with Crippen LogP contribution in [-0.2, 0) is 61.1 Å². The van der Waals surface area contributed by atoms with Crippen molar-refractivity contribution in [2.24, 2.45) is 0 Å². The molecule has 296 valence electrons. The Morgan fingerprint density at radius 1 is 0.755 bits per heavy atom. The molecule has 2 saturated heterocycles. The third-order valence-electron chi connectivity index (χ3n) is 7.94. The van der Waals surface area contributed by atoms with Gasteiger partial charge in [0.15, 0.2) is 11.4 Å². The Hall–Kier alpha value is -4.62. The monoisotopic (exact) mass is 752 g/mol. The van der Waals surface area contributed by atoms with Crippen molar-refractivity contribution < 1.29 is 52.7 Å². The summed E-state index contributed by atoms with van der Waals surface area (Å²) in [4.78, 5) is 79.0. The molecule has 0 radical (unpaired) electrons. The summed E-state index contributed by atoms with van der Waals surface area (Å²) < 4.78 is 35.0. The van der Waals surface area contributed by atoms with Crippen LogP contribution >= 0.6 is 0 Å². The van der Waals surface area contributed by atoms with Gasteiger partial charge in [0.2, 0.25) is 0 Å². The number of hydrogen-bond acceptors (Lipinski definition) is 13. The number of nitrogens with one attached hydrogen (secondary N) is 1. The van der Waals surface area contributed by atoms with Gasteiger partial charge in [0.05, 0.1) is 70.2 Å². The minimum atomic E-state index is -0.618. The molecule has 0 spiro atoms. The molecule has 2 amide bonds. The van der Waals surface area contributed by atoms with E-state index in [1.807, 2.05) is 0 Å². The maximum Gasteiger partial charge on any atom is 0.410 e. The van der Waals surface area contributed by atoms with Crippen LogP contribution in [0.3, 0.4) is 0 Å². The number of esters is 2. The predicted octanol–water partition coefficient (Wildman–Crippen LogP) is 1.46. The highest BCUT2D eigenvalue weighted by atomic mass is 16.6. The molecule has 6 heterocycles. The third-order valence-corrected chi connectivity index (χ3v) is 7.94. The van der Waals surface area contributed by atoms with Crippen molar-refractivity contribution in [1.29, 1.82) is 0 Å². The number of imidazole rings is 2. The second-order valence-electron chi connectivity index (χ2n) is 14.6. The number of ether oxygens (including phenoxy) is 6. The van der Waals surface area contributed by atoms with E-state index in [1.54, 1.807) is 55.4 Å².